The fourth-order valence-corrected chi connectivity index (χ4v) is 1.01. The molecule has 1 fully saturated rings. The molecular formula is C7H13O2. The van der Waals surface area contributed by atoms with Gasteiger partial charge in [0.2, 0.25) is 0 Å². The summed E-state index contributed by atoms with van der Waals surface area (Å²) in [4.78, 5) is 0. The Morgan fingerprint density at radius 3 is 3.11 bits per heavy atom. The second-order valence-electron chi connectivity index (χ2n) is 2.21. The summed E-state index contributed by atoms with van der Waals surface area (Å²) >= 11 is 0. The minimum absolute atomic E-state index is 0.323. The molecular weight excluding hydrogens is 116 g/mol. The maximum atomic E-state index is 5.23. The molecule has 2 heteroatoms. The minimum atomic E-state index is 0.323. The first-order chi connectivity index (χ1) is 4.43. The van der Waals surface area contributed by atoms with E-state index in [0.717, 1.165) is 26.1 Å². The van der Waals surface area contributed by atoms with Crippen LogP contribution in [0, 0.1) is 6.61 Å². The molecule has 1 saturated heterocycles. The van der Waals surface area contributed by atoms with Crippen LogP contribution < -0.4 is 0 Å². The van der Waals surface area contributed by atoms with E-state index < -0.39 is 0 Å². The van der Waals surface area contributed by atoms with Crippen molar-refractivity contribution in [2.24, 2.45) is 0 Å². The number of hydrogen-bond acceptors (Lipinski definition) is 2. The second-order valence-corrected chi connectivity index (χ2v) is 2.21. The third-order valence-electron chi connectivity index (χ3n) is 1.45. The quantitative estimate of drug-likeness (QED) is 0.560. The van der Waals surface area contributed by atoms with Gasteiger partial charge in [0, 0.05) is 6.61 Å². The first-order valence-corrected chi connectivity index (χ1v) is 3.44. The topological polar surface area (TPSA) is 18.5 Å². The summed E-state index contributed by atoms with van der Waals surface area (Å²) in [5, 5.41) is 0. The molecule has 0 bridgehead atoms. The van der Waals surface area contributed by atoms with Gasteiger partial charge in [0.05, 0.1) is 19.3 Å². The summed E-state index contributed by atoms with van der Waals surface area (Å²) in [7, 11) is 0. The molecule has 53 valence electrons. The average molecular weight is 129 g/mol. The maximum Gasteiger partial charge on any atom is 0.0814 e. The van der Waals surface area contributed by atoms with Crippen LogP contribution in [-0.2, 0) is 9.47 Å². The lowest BCUT2D eigenvalue weighted by Gasteiger charge is -2.21. The molecule has 0 saturated carbocycles. The van der Waals surface area contributed by atoms with Gasteiger partial charge in [0.15, 0.2) is 0 Å². The third-order valence-corrected chi connectivity index (χ3v) is 1.45. The van der Waals surface area contributed by atoms with E-state index in [1.54, 1.807) is 6.61 Å². The van der Waals surface area contributed by atoms with Gasteiger partial charge in [-0.05, 0) is 19.8 Å². The molecule has 0 aliphatic carbocycles. The van der Waals surface area contributed by atoms with Crippen molar-refractivity contribution >= 4 is 0 Å². The van der Waals surface area contributed by atoms with E-state index in [1.807, 2.05) is 6.92 Å². The Kier molecular flexibility index (Phi) is 3.01. The largest absolute Gasteiger partial charge is 0.379 e. The Balaban J connectivity index is 2.08. The summed E-state index contributed by atoms with van der Waals surface area (Å²) < 4.78 is 10.4. The monoisotopic (exact) mass is 129 g/mol. The highest BCUT2D eigenvalue weighted by molar-refractivity contribution is 4.62. The summed E-state index contributed by atoms with van der Waals surface area (Å²) in [6.45, 7) is 5.31. The van der Waals surface area contributed by atoms with Crippen LogP contribution in [0.3, 0.4) is 0 Å². The Bertz CT molecular complexity index is 64.6. The van der Waals surface area contributed by atoms with Crippen LogP contribution in [0.5, 0.6) is 0 Å². The van der Waals surface area contributed by atoms with E-state index in [4.69, 9.17) is 9.47 Å². The fraction of sp³-hybridized carbons (Fsp3) is 0.857. The van der Waals surface area contributed by atoms with E-state index in [1.165, 1.54) is 0 Å². The van der Waals surface area contributed by atoms with Crippen LogP contribution in [0.15, 0.2) is 0 Å². The lowest BCUT2D eigenvalue weighted by atomic mass is 10.2. The Morgan fingerprint density at radius 2 is 2.56 bits per heavy atom. The summed E-state index contributed by atoms with van der Waals surface area (Å²) in [5.74, 6) is 0. The fourth-order valence-electron chi connectivity index (χ4n) is 1.01. The molecule has 1 atom stereocenters. The van der Waals surface area contributed by atoms with Crippen molar-refractivity contribution in [3.8, 4) is 0 Å². The first kappa shape index (κ1) is 7.03. The van der Waals surface area contributed by atoms with Gasteiger partial charge in [-0.1, -0.05) is 0 Å². The van der Waals surface area contributed by atoms with Crippen molar-refractivity contribution in [3.63, 3.8) is 0 Å². The molecule has 0 amide bonds. The molecule has 1 aliphatic rings. The molecule has 0 spiro atoms. The average Bonchev–Trinajstić information content (AvgIpc) is 1.91. The van der Waals surface area contributed by atoms with Gasteiger partial charge in [-0.15, -0.1) is 0 Å². The zero-order valence-corrected chi connectivity index (χ0v) is 5.80. The van der Waals surface area contributed by atoms with Crippen molar-refractivity contribution in [2.45, 2.75) is 25.9 Å². The summed E-state index contributed by atoms with van der Waals surface area (Å²) in [6, 6.07) is 0. The van der Waals surface area contributed by atoms with Gasteiger partial charge < -0.3 is 9.47 Å². The van der Waals surface area contributed by atoms with Crippen LogP contribution in [0.1, 0.15) is 19.8 Å². The molecule has 0 aromatic heterocycles. The molecule has 1 heterocycles. The van der Waals surface area contributed by atoms with Crippen LogP contribution >= 0.6 is 0 Å². The predicted octanol–water partition coefficient (Wildman–Crippen LogP) is 1.36. The van der Waals surface area contributed by atoms with E-state index in [-0.39, 0.29) is 0 Å². The smallest absolute Gasteiger partial charge is 0.0814 e. The Morgan fingerprint density at radius 1 is 1.67 bits per heavy atom. The van der Waals surface area contributed by atoms with Gasteiger partial charge in [0.25, 0.3) is 0 Å². The molecule has 1 aliphatic heterocycles. The van der Waals surface area contributed by atoms with Gasteiger partial charge in [0.1, 0.15) is 0 Å². The molecule has 1 unspecified atom stereocenters. The Labute approximate surface area is 56.2 Å². The molecule has 1 rings (SSSR count). The Hall–Kier alpha value is -0.0800. The van der Waals surface area contributed by atoms with Crippen molar-refractivity contribution in [1.29, 1.82) is 0 Å². The van der Waals surface area contributed by atoms with Gasteiger partial charge >= 0.3 is 0 Å². The predicted molar refractivity (Wildman–Crippen MR) is 34.9 cm³/mol. The highest BCUT2D eigenvalue weighted by Gasteiger charge is 2.12. The zero-order chi connectivity index (χ0) is 6.53. The van der Waals surface area contributed by atoms with E-state index in [2.05, 4.69) is 0 Å². The maximum absolute atomic E-state index is 5.23. The van der Waals surface area contributed by atoms with Gasteiger partial charge in [-0.2, -0.15) is 0 Å². The molecule has 0 N–H and O–H groups in total. The molecule has 2 nitrogen and oxygen atoms in total. The van der Waals surface area contributed by atoms with Crippen molar-refractivity contribution in [2.75, 3.05) is 13.2 Å². The van der Waals surface area contributed by atoms with Crippen molar-refractivity contribution in [3.05, 3.63) is 6.61 Å². The normalized spacial score (nSPS) is 28.3. The molecule has 0 aromatic carbocycles. The SMILES string of the molecule is C[CH]OC1CCCOC1. The second kappa shape index (κ2) is 3.85. The highest BCUT2D eigenvalue weighted by atomic mass is 16.5. The standard InChI is InChI=1S/C7H13O2/c1-2-9-7-4-3-5-8-6-7/h2,7H,3-6H2,1H3. The lowest BCUT2D eigenvalue weighted by Crippen LogP contribution is -2.24. The van der Waals surface area contributed by atoms with Gasteiger partial charge in [-0.3, -0.25) is 0 Å². The minimum Gasteiger partial charge on any atom is -0.379 e. The first-order valence-electron chi connectivity index (χ1n) is 3.44. The van der Waals surface area contributed by atoms with E-state index in [9.17, 15) is 0 Å². The number of ether oxygens (including phenoxy) is 2. The zero-order valence-electron chi connectivity index (χ0n) is 5.80. The lowest BCUT2D eigenvalue weighted by molar-refractivity contribution is -0.0259. The van der Waals surface area contributed by atoms with Crippen molar-refractivity contribution < 1.29 is 9.47 Å². The number of rotatable bonds is 2. The highest BCUT2D eigenvalue weighted by Crippen LogP contribution is 2.09. The van der Waals surface area contributed by atoms with Crippen LogP contribution in [0.25, 0.3) is 0 Å². The van der Waals surface area contributed by atoms with Crippen LogP contribution in [0.4, 0.5) is 0 Å². The summed E-state index contributed by atoms with van der Waals surface area (Å²) in [5.41, 5.74) is 0. The van der Waals surface area contributed by atoms with Crippen LogP contribution in [-0.4, -0.2) is 19.3 Å². The van der Waals surface area contributed by atoms with E-state index in [0.29, 0.717) is 6.10 Å². The van der Waals surface area contributed by atoms with Gasteiger partial charge in [-0.25, -0.2) is 0 Å². The molecule has 9 heavy (non-hydrogen) atoms. The van der Waals surface area contributed by atoms with E-state index >= 15 is 0 Å². The van der Waals surface area contributed by atoms with Crippen LogP contribution in [0.2, 0.25) is 0 Å². The molecule has 1 radical (unpaired) electrons. The number of hydrogen-bond donors (Lipinski definition) is 0. The third kappa shape index (κ3) is 2.33. The van der Waals surface area contributed by atoms with Crippen molar-refractivity contribution in [1.82, 2.24) is 0 Å². The molecule has 0 aromatic rings. The summed E-state index contributed by atoms with van der Waals surface area (Å²) in [6.07, 6.45) is 2.60.